The molecule has 1 heterocycles. The van der Waals surface area contributed by atoms with Gasteiger partial charge in [0.2, 0.25) is 0 Å². The van der Waals surface area contributed by atoms with Gasteiger partial charge in [-0.25, -0.2) is 4.98 Å². The molecule has 0 N–H and O–H groups in total. The van der Waals surface area contributed by atoms with Crippen molar-refractivity contribution in [2.24, 2.45) is 0 Å². The van der Waals surface area contributed by atoms with E-state index >= 15 is 0 Å². The van der Waals surface area contributed by atoms with Crippen LogP contribution in [0.5, 0.6) is 11.5 Å². The highest BCUT2D eigenvalue weighted by atomic mass is 32.1. The first-order chi connectivity index (χ1) is 11.0. The number of thiazole rings is 1. The van der Waals surface area contributed by atoms with E-state index in [4.69, 9.17) is 9.47 Å². The Bertz CT molecular complexity index is 670. The summed E-state index contributed by atoms with van der Waals surface area (Å²) in [7, 11) is 1.79. The first kappa shape index (κ1) is 17.3. The van der Waals surface area contributed by atoms with Crippen molar-refractivity contribution in [3.63, 3.8) is 0 Å². The lowest BCUT2D eigenvalue weighted by atomic mass is 10.1. The van der Waals surface area contributed by atoms with Gasteiger partial charge in [-0.3, -0.25) is 4.79 Å². The normalized spacial score (nSPS) is 10.4. The highest BCUT2D eigenvalue weighted by Gasteiger charge is 2.16. The zero-order chi connectivity index (χ0) is 16.8. The van der Waals surface area contributed by atoms with E-state index in [-0.39, 0.29) is 5.91 Å². The largest absolute Gasteiger partial charge is 0.490 e. The van der Waals surface area contributed by atoms with Gasteiger partial charge in [0.15, 0.2) is 11.5 Å². The molecule has 0 unspecified atom stereocenters. The van der Waals surface area contributed by atoms with Crippen molar-refractivity contribution in [2.45, 2.75) is 27.3 Å². The molecule has 0 spiro atoms. The summed E-state index contributed by atoms with van der Waals surface area (Å²) in [5.74, 6) is 1.20. The van der Waals surface area contributed by atoms with Gasteiger partial charge in [-0.15, -0.1) is 11.3 Å². The van der Waals surface area contributed by atoms with Crippen LogP contribution in [0.2, 0.25) is 0 Å². The highest BCUT2D eigenvalue weighted by molar-refractivity contribution is 7.11. The van der Waals surface area contributed by atoms with Gasteiger partial charge in [0.25, 0.3) is 5.91 Å². The molecule has 5 nitrogen and oxygen atoms in total. The average molecular weight is 334 g/mol. The molecule has 2 aromatic rings. The van der Waals surface area contributed by atoms with Crippen molar-refractivity contribution in [3.8, 4) is 11.5 Å². The summed E-state index contributed by atoms with van der Waals surface area (Å²) >= 11 is 1.60. The molecule has 0 atom stereocenters. The lowest BCUT2D eigenvalue weighted by molar-refractivity contribution is 0.0786. The van der Waals surface area contributed by atoms with Gasteiger partial charge in [-0.05, 0) is 39.0 Å². The summed E-state index contributed by atoms with van der Waals surface area (Å²) in [4.78, 5) is 19.6. The predicted octanol–water partition coefficient (Wildman–Crippen LogP) is 3.52. The van der Waals surface area contributed by atoms with E-state index < -0.39 is 0 Å². The van der Waals surface area contributed by atoms with Crippen LogP contribution in [-0.2, 0) is 6.54 Å². The minimum Gasteiger partial charge on any atom is -0.490 e. The highest BCUT2D eigenvalue weighted by Crippen LogP contribution is 2.29. The quantitative estimate of drug-likeness (QED) is 0.777. The molecule has 1 aromatic heterocycles. The van der Waals surface area contributed by atoms with Gasteiger partial charge in [-0.1, -0.05) is 0 Å². The Labute approximate surface area is 140 Å². The minimum atomic E-state index is -0.0555. The summed E-state index contributed by atoms with van der Waals surface area (Å²) < 4.78 is 11.1. The van der Waals surface area contributed by atoms with Crippen LogP contribution in [0.15, 0.2) is 24.4 Å². The number of aryl methyl sites for hydroxylation is 1. The van der Waals surface area contributed by atoms with Gasteiger partial charge in [-0.2, -0.15) is 0 Å². The first-order valence-corrected chi connectivity index (χ1v) is 8.43. The Kier molecular flexibility index (Phi) is 5.98. The molecule has 1 amide bonds. The van der Waals surface area contributed by atoms with Crippen molar-refractivity contribution in [1.29, 1.82) is 0 Å². The molecule has 124 valence electrons. The number of nitrogens with zero attached hydrogens (tertiary/aromatic N) is 2. The van der Waals surface area contributed by atoms with Crippen LogP contribution in [0, 0.1) is 6.92 Å². The lowest BCUT2D eigenvalue weighted by Gasteiger charge is -2.17. The van der Waals surface area contributed by atoms with E-state index in [0.717, 1.165) is 9.88 Å². The third-order valence-electron chi connectivity index (χ3n) is 3.20. The number of hydrogen-bond acceptors (Lipinski definition) is 5. The maximum atomic E-state index is 12.6. The van der Waals surface area contributed by atoms with Crippen molar-refractivity contribution in [2.75, 3.05) is 20.3 Å². The second-order valence-electron chi connectivity index (χ2n) is 5.03. The van der Waals surface area contributed by atoms with Crippen molar-refractivity contribution in [3.05, 3.63) is 39.8 Å². The number of carbonyl (C=O) groups is 1. The van der Waals surface area contributed by atoms with Gasteiger partial charge in [0.1, 0.15) is 0 Å². The van der Waals surface area contributed by atoms with Gasteiger partial charge >= 0.3 is 0 Å². The Morgan fingerprint density at radius 3 is 2.52 bits per heavy atom. The predicted molar refractivity (Wildman–Crippen MR) is 91.4 cm³/mol. The Morgan fingerprint density at radius 2 is 1.91 bits per heavy atom. The third-order valence-corrected chi connectivity index (χ3v) is 4.10. The monoisotopic (exact) mass is 334 g/mol. The lowest BCUT2D eigenvalue weighted by Crippen LogP contribution is -2.25. The molecule has 0 aliphatic carbocycles. The van der Waals surface area contributed by atoms with Crippen molar-refractivity contribution in [1.82, 2.24) is 9.88 Å². The van der Waals surface area contributed by atoms with Crippen LogP contribution >= 0.6 is 11.3 Å². The van der Waals surface area contributed by atoms with Crippen LogP contribution in [0.1, 0.15) is 34.1 Å². The van der Waals surface area contributed by atoms with E-state index in [2.05, 4.69) is 4.98 Å². The number of carbonyl (C=O) groups excluding carboxylic acids is 1. The summed E-state index contributed by atoms with van der Waals surface area (Å²) in [5.41, 5.74) is 0.584. The van der Waals surface area contributed by atoms with E-state index in [1.807, 2.05) is 27.0 Å². The fourth-order valence-electron chi connectivity index (χ4n) is 2.19. The Hall–Kier alpha value is -2.08. The van der Waals surface area contributed by atoms with Crippen LogP contribution < -0.4 is 9.47 Å². The molecule has 0 bridgehead atoms. The summed E-state index contributed by atoms with van der Waals surface area (Å²) in [6, 6.07) is 5.29. The van der Waals surface area contributed by atoms with Gasteiger partial charge in [0.05, 0.1) is 24.8 Å². The van der Waals surface area contributed by atoms with Crippen LogP contribution in [0.4, 0.5) is 0 Å². The molecule has 2 rings (SSSR count). The van der Waals surface area contributed by atoms with Gasteiger partial charge < -0.3 is 14.4 Å². The number of hydrogen-bond donors (Lipinski definition) is 0. The second-order valence-corrected chi connectivity index (χ2v) is 6.35. The Balaban J connectivity index is 2.15. The molecule has 1 aromatic carbocycles. The second kappa shape index (κ2) is 7.97. The summed E-state index contributed by atoms with van der Waals surface area (Å²) in [5, 5.41) is 1.00. The fourth-order valence-corrected chi connectivity index (χ4v) is 3.04. The molecule has 0 fully saturated rings. The van der Waals surface area contributed by atoms with Crippen LogP contribution in [0.25, 0.3) is 0 Å². The molecule has 0 saturated carbocycles. The minimum absolute atomic E-state index is 0.0555. The van der Waals surface area contributed by atoms with Crippen LogP contribution in [0.3, 0.4) is 0 Å². The van der Waals surface area contributed by atoms with E-state index in [0.29, 0.717) is 36.8 Å². The maximum absolute atomic E-state index is 12.6. The first-order valence-electron chi connectivity index (χ1n) is 7.61. The number of amides is 1. The molecule has 6 heteroatoms. The molecular weight excluding hydrogens is 312 g/mol. The van der Waals surface area contributed by atoms with Crippen molar-refractivity contribution < 1.29 is 14.3 Å². The molecule has 0 aliphatic heterocycles. The molecular formula is C17H22N2O3S. The zero-order valence-electron chi connectivity index (χ0n) is 14.0. The molecule has 0 saturated heterocycles. The molecule has 0 radical (unpaired) electrons. The third kappa shape index (κ3) is 4.45. The summed E-state index contributed by atoms with van der Waals surface area (Å²) in [6.07, 6.45) is 1.81. The number of ether oxygens (including phenoxy) is 2. The molecule has 23 heavy (non-hydrogen) atoms. The smallest absolute Gasteiger partial charge is 0.254 e. The standard InChI is InChI=1S/C17H22N2O3S/c1-5-21-15-8-7-13(9-16(15)22-6-2)17(20)19(4)11-14-10-18-12(3)23-14/h7-10H,5-6,11H2,1-4H3. The number of rotatable bonds is 7. The average Bonchev–Trinajstić information content (AvgIpc) is 2.93. The number of benzene rings is 1. The van der Waals surface area contributed by atoms with Crippen molar-refractivity contribution >= 4 is 17.2 Å². The molecule has 0 aliphatic rings. The van der Waals surface area contributed by atoms with E-state index in [1.54, 1.807) is 41.5 Å². The summed E-state index contributed by atoms with van der Waals surface area (Å²) in [6.45, 7) is 7.39. The Morgan fingerprint density at radius 1 is 1.22 bits per heavy atom. The fraction of sp³-hybridized carbons (Fsp3) is 0.412. The van der Waals surface area contributed by atoms with E-state index in [9.17, 15) is 4.79 Å². The van der Waals surface area contributed by atoms with E-state index in [1.165, 1.54) is 0 Å². The maximum Gasteiger partial charge on any atom is 0.254 e. The topological polar surface area (TPSA) is 51.7 Å². The van der Waals surface area contributed by atoms with Crippen LogP contribution in [-0.4, -0.2) is 36.1 Å². The number of aromatic nitrogens is 1. The SMILES string of the molecule is CCOc1ccc(C(=O)N(C)Cc2cnc(C)s2)cc1OCC. The zero-order valence-corrected chi connectivity index (χ0v) is 14.8. The van der Waals surface area contributed by atoms with Gasteiger partial charge in [0, 0.05) is 23.7 Å².